The minimum absolute atomic E-state index is 0.0567. The maximum atomic E-state index is 12.1. The third kappa shape index (κ3) is 7.12. The average molecular weight is 417 g/mol. The first-order valence-corrected chi connectivity index (χ1v) is 10.8. The Morgan fingerprint density at radius 3 is 2.52 bits per heavy atom. The fourth-order valence-corrected chi connectivity index (χ4v) is 4.14. The van der Waals surface area contributed by atoms with Crippen LogP contribution in [0.25, 0.3) is 0 Å². The van der Waals surface area contributed by atoms with Crippen LogP contribution in [0.2, 0.25) is 5.02 Å². The van der Waals surface area contributed by atoms with Crippen molar-refractivity contribution < 1.29 is 22.7 Å². The summed E-state index contributed by atoms with van der Waals surface area (Å²) in [6.45, 7) is 1.62. The molecule has 2 rings (SSSR count). The van der Waals surface area contributed by atoms with Gasteiger partial charge in [0.1, 0.15) is 0 Å². The van der Waals surface area contributed by atoms with Crippen molar-refractivity contribution in [3.05, 3.63) is 29.3 Å². The van der Waals surface area contributed by atoms with Crippen LogP contribution in [0, 0.1) is 5.92 Å². The minimum atomic E-state index is -3.73. The number of rotatable bonds is 8. The van der Waals surface area contributed by atoms with E-state index < -0.39 is 16.0 Å². The van der Waals surface area contributed by atoms with Crippen molar-refractivity contribution in [3.63, 3.8) is 0 Å². The van der Waals surface area contributed by atoms with Gasteiger partial charge in [-0.15, -0.1) is 0 Å². The first-order chi connectivity index (χ1) is 12.8. The van der Waals surface area contributed by atoms with Gasteiger partial charge in [-0.05, 0) is 43.0 Å². The molecule has 0 unspecified atom stereocenters. The number of sulfonamides is 1. The maximum absolute atomic E-state index is 12.1. The summed E-state index contributed by atoms with van der Waals surface area (Å²) in [5.74, 6) is -0.551. The van der Waals surface area contributed by atoms with E-state index in [0.29, 0.717) is 10.9 Å². The standard InChI is InChI=1S/C18H25ClN2O5S/c1-13-4-2-3-5-16(13)21-17(22)12-26-18(23)10-11-20-27(24,25)15-8-6-14(19)7-9-15/h6-9,13,16,20H,2-5,10-12H2,1H3,(H,21,22)/t13-,16+/m0/s1. The molecule has 1 aliphatic carbocycles. The highest BCUT2D eigenvalue weighted by Gasteiger charge is 2.23. The zero-order valence-corrected chi connectivity index (χ0v) is 16.8. The Labute approximate surface area is 164 Å². The highest BCUT2D eigenvalue weighted by atomic mass is 35.5. The number of hydrogen-bond acceptors (Lipinski definition) is 5. The highest BCUT2D eigenvalue weighted by Crippen LogP contribution is 2.23. The number of nitrogens with one attached hydrogen (secondary N) is 2. The smallest absolute Gasteiger partial charge is 0.307 e. The Bertz CT molecular complexity index is 752. The third-order valence-corrected chi connectivity index (χ3v) is 6.30. The van der Waals surface area contributed by atoms with Crippen molar-refractivity contribution in [2.24, 2.45) is 5.92 Å². The van der Waals surface area contributed by atoms with E-state index in [9.17, 15) is 18.0 Å². The Morgan fingerprint density at radius 2 is 1.85 bits per heavy atom. The molecule has 2 atom stereocenters. The van der Waals surface area contributed by atoms with Gasteiger partial charge in [0, 0.05) is 17.6 Å². The maximum Gasteiger partial charge on any atom is 0.307 e. The summed E-state index contributed by atoms with van der Waals surface area (Å²) in [5.41, 5.74) is 0. The molecule has 1 fully saturated rings. The van der Waals surface area contributed by atoms with Crippen LogP contribution >= 0.6 is 11.6 Å². The molecule has 1 saturated carbocycles. The van der Waals surface area contributed by atoms with E-state index in [-0.39, 0.29) is 36.4 Å². The molecule has 0 heterocycles. The van der Waals surface area contributed by atoms with E-state index in [4.69, 9.17) is 16.3 Å². The molecule has 0 radical (unpaired) electrons. The van der Waals surface area contributed by atoms with Gasteiger partial charge in [0.25, 0.3) is 5.91 Å². The number of esters is 1. The van der Waals surface area contributed by atoms with Crippen LogP contribution in [0.5, 0.6) is 0 Å². The Kier molecular flexibility index (Phi) is 8.07. The molecule has 1 aliphatic rings. The highest BCUT2D eigenvalue weighted by molar-refractivity contribution is 7.89. The van der Waals surface area contributed by atoms with Gasteiger partial charge in [0.15, 0.2) is 6.61 Å². The molecule has 2 N–H and O–H groups in total. The van der Waals surface area contributed by atoms with Gasteiger partial charge in [-0.3, -0.25) is 9.59 Å². The molecular weight excluding hydrogens is 392 g/mol. The van der Waals surface area contributed by atoms with Crippen molar-refractivity contribution in [1.82, 2.24) is 10.0 Å². The average Bonchev–Trinajstić information content (AvgIpc) is 2.62. The molecule has 27 heavy (non-hydrogen) atoms. The van der Waals surface area contributed by atoms with Crippen molar-refractivity contribution >= 4 is 33.5 Å². The van der Waals surface area contributed by atoms with Gasteiger partial charge in [0.2, 0.25) is 10.0 Å². The van der Waals surface area contributed by atoms with Crippen LogP contribution in [-0.4, -0.2) is 39.5 Å². The molecule has 0 aromatic heterocycles. The fourth-order valence-electron chi connectivity index (χ4n) is 2.98. The second-order valence-electron chi connectivity index (χ2n) is 6.70. The van der Waals surface area contributed by atoms with Crippen molar-refractivity contribution in [2.45, 2.75) is 50.0 Å². The van der Waals surface area contributed by atoms with Gasteiger partial charge in [0.05, 0.1) is 11.3 Å². The van der Waals surface area contributed by atoms with Crippen LogP contribution in [0.15, 0.2) is 29.2 Å². The van der Waals surface area contributed by atoms with Gasteiger partial charge < -0.3 is 10.1 Å². The number of carbonyl (C=O) groups excluding carboxylic acids is 2. The first-order valence-electron chi connectivity index (χ1n) is 8.98. The van der Waals surface area contributed by atoms with Crippen molar-refractivity contribution in [3.8, 4) is 0 Å². The van der Waals surface area contributed by atoms with E-state index >= 15 is 0 Å². The van der Waals surface area contributed by atoms with Gasteiger partial charge in [-0.2, -0.15) is 0 Å². The van der Waals surface area contributed by atoms with Crippen LogP contribution < -0.4 is 10.0 Å². The van der Waals surface area contributed by atoms with Gasteiger partial charge in [-0.25, -0.2) is 13.1 Å². The summed E-state index contributed by atoms with van der Waals surface area (Å²) >= 11 is 5.73. The van der Waals surface area contributed by atoms with Gasteiger partial charge in [-0.1, -0.05) is 31.4 Å². The minimum Gasteiger partial charge on any atom is -0.456 e. The zero-order chi connectivity index (χ0) is 19.9. The molecule has 0 spiro atoms. The zero-order valence-electron chi connectivity index (χ0n) is 15.2. The number of hydrogen-bond donors (Lipinski definition) is 2. The third-order valence-electron chi connectivity index (χ3n) is 4.57. The van der Waals surface area contributed by atoms with E-state index in [1.165, 1.54) is 30.7 Å². The summed E-state index contributed by atoms with van der Waals surface area (Å²) in [5, 5.41) is 3.32. The summed E-state index contributed by atoms with van der Waals surface area (Å²) in [7, 11) is -3.73. The molecule has 9 heteroatoms. The van der Waals surface area contributed by atoms with Crippen molar-refractivity contribution in [2.75, 3.05) is 13.2 Å². The van der Waals surface area contributed by atoms with Crippen LogP contribution in [-0.2, 0) is 24.3 Å². The Hall–Kier alpha value is -1.64. The molecule has 1 amide bonds. The summed E-state index contributed by atoms with van der Waals surface area (Å²) in [4.78, 5) is 23.7. The summed E-state index contributed by atoms with van der Waals surface area (Å²) < 4.78 is 31.4. The van der Waals surface area contributed by atoms with E-state index in [2.05, 4.69) is 17.0 Å². The molecule has 7 nitrogen and oxygen atoms in total. The second-order valence-corrected chi connectivity index (χ2v) is 8.90. The summed E-state index contributed by atoms with van der Waals surface area (Å²) in [6.07, 6.45) is 4.11. The quantitative estimate of drug-likeness (QED) is 0.633. The molecule has 0 saturated heterocycles. The summed E-state index contributed by atoms with van der Waals surface area (Å²) in [6, 6.07) is 5.81. The lowest BCUT2D eigenvalue weighted by Gasteiger charge is -2.29. The van der Waals surface area contributed by atoms with E-state index in [0.717, 1.165) is 19.3 Å². The molecule has 1 aromatic rings. The number of amides is 1. The number of benzene rings is 1. The lowest BCUT2D eigenvalue weighted by atomic mass is 9.86. The topological polar surface area (TPSA) is 102 Å². The lowest BCUT2D eigenvalue weighted by molar-refractivity contribution is -0.148. The van der Waals surface area contributed by atoms with Crippen LogP contribution in [0.3, 0.4) is 0 Å². The number of ether oxygens (including phenoxy) is 1. The molecule has 1 aromatic carbocycles. The number of halogens is 1. The van der Waals surface area contributed by atoms with Gasteiger partial charge >= 0.3 is 5.97 Å². The largest absolute Gasteiger partial charge is 0.456 e. The monoisotopic (exact) mass is 416 g/mol. The fraction of sp³-hybridized carbons (Fsp3) is 0.556. The van der Waals surface area contributed by atoms with E-state index in [1.807, 2.05) is 0 Å². The van der Waals surface area contributed by atoms with Crippen LogP contribution in [0.4, 0.5) is 0 Å². The Morgan fingerprint density at radius 1 is 1.19 bits per heavy atom. The lowest BCUT2D eigenvalue weighted by Crippen LogP contribution is -2.43. The predicted octanol–water partition coefficient (Wildman–Crippen LogP) is 2.25. The second kappa shape index (κ2) is 10.1. The SMILES string of the molecule is C[C@H]1CCCC[C@H]1NC(=O)COC(=O)CCNS(=O)(=O)c1ccc(Cl)cc1. The number of carbonyl (C=O) groups is 2. The van der Waals surface area contributed by atoms with Crippen molar-refractivity contribution in [1.29, 1.82) is 0 Å². The first kappa shape index (κ1) is 21.7. The molecule has 0 bridgehead atoms. The molecular formula is C18H25ClN2O5S. The normalized spacial score (nSPS) is 20.1. The van der Waals surface area contributed by atoms with Crippen LogP contribution in [0.1, 0.15) is 39.0 Å². The predicted molar refractivity (Wildman–Crippen MR) is 102 cm³/mol. The molecule has 0 aliphatic heterocycles. The Balaban J connectivity index is 1.68. The molecule has 150 valence electrons. The van der Waals surface area contributed by atoms with E-state index in [1.54, 1.807) is 0 Å².